The summed E-state index contributed by atoms with van der Waals surface area (Å²) in [5, 5.41) is 3.31. The van der Waals surface area contributed by atoms with Crippen LogP contribution in [0.5, 0.6) is 0 Å². The molecule has 1 amide bonds. The van der Waals surface area contributed by atoms with Crippen LogP contribution in [0.1, 0.15) is 18.4 Å². The van der Waals surface area contributed by atoms with E-state index in [2.05, 4.69) is 20.0 Å². The molecular formula is C23H24ClN5O3S. The Kier molecular flexibility index (Phi) is 6.80. The highest BCUT2D eigenvalue weighted by Crippen LogP contribution is 2.26. The number of amides is 1. The Morgan fingerprint density at radius 1 is 1.15 bits per heavy atom. The van der Waals surface area contributed by atoms with Crippen LogP contribution in [0.25, 0.3) is 0 Å². The van der Waals surface area contributed by atoms with Gasteiger partial charge in [0.25, 0.3) is 10.0 Å². The van der Waals surface area contributed by atoms with Crippen molar-refractivity contribution in [3.8, 4) is 0 Å². The molecule has 0 spiro atoms. The fourth-order valence-corrected chi connectivity index (χ4v) is 5.34. The predicted octanol–water partition coefficient (Wildman–Crippen LogP) is 4.09. The Morgan fingerprint density at radius 3 is 2.76 bits per heavy atom. The van der Waals surface area contributed by atoms with Gasteiger partial charge in [-0.25, -0.2) is 13.4 Å². The lowest BCUT2D eigenvalue weighted by Crippen LogP contribution is -2.41. The predicted molar refractivity (Wildman–Crippen MR) is 129 cm³/mol. The Morgan fingerprint density at radius 2 is 2.00 bits per heavy atom. The van der Waals surface area contributed by atoms with E-state index in [0.717, 1.165) is 25.2 Å². The van der Waals surface area contributed by atoms with E-state index in [9.17, 15) is 13.2 Å². The van der Waals surface area contributed by atoms with Crippen LogP contribution in [0.15, 0.2) is 66.0 Å². The SMILES string of the molecule is Cc1ccc(NC(=O)C2CCCN(c3cnccn3)C2)cc1S(=O)(=O)Nc1cccc(Cl)c1. The number of anilines is 3. The van der Waals surface area contributed by atoms with E-state index in [0.29, 0.717) is 28.5 Å². The van der Waals surface area contributed by atoms with Crippen molar-refractivity contribution in [2.24, 2.45) is 5.92 Å². The third kappa shape index (κ3) is 5.61. The number of carbonyl (C=O) groups excluding carboxylic acids is 1. The van der Waals surface area contributed by atoms with Gasteiger partial charge in [0, 0.05) is 36.2 Å². The van der Waals surface area contributed by atoms with Crippen LogP contribution in [0.3, 0.4) is 0 Å². The van der Waals surface area contributed by atoms with E-state index in [1.807, 2.05) is 4.90 Å². The summed E-state index contributed by atoms with van der Waals surface area (Å²) in [7, 11) is -3.87. The number of aromatic nitrogens is 2. The van der Waals surface area contributed by atoms with Gasteiger partial charge in [0.1, 0.15) is 5.82 Å². The van der Waals surface area contributed by atoms with Crippen LogP contribution < -0.4 is 14.9 Å². The first-order chi connectivity index (χ1) is 15.8. The molecule has 10 heteroatoms. The van der Waals surface area contributed by atoms with Crippen molar-refractivity contribution in [2.75, 3.05) is 28.0 Å². The zero-order valence-corrected chi connectivity index (χ0v) is 19.6. The molecular weight excluding hydrogens is 462 g/mol. The van der Waals surface area contributed by atoms with Gasteiger partial charge in [0.2, 0.25) is 5.91 Å². The van der Waals surface area contributed by atoms with Crippen molar-refractivity contribution in [1.82, 2.24) is 9.97 Å². The highest BCUT2D eigenvalue weighted by molar-refractivity contribution is 7.92. The van der Waals surface area contributed by atoms with Crippen LogP contribution in [0.2, 0.25) is 5.02 Å². The quantitative estimate of drug-likeness (QED) is 0.544. The number of aryl methyl sites for hydroxylation is 1. The average Bonchev–Trinajstić information content (AvgIpc) is 2.80. The first-order valence-electron chi connectivity index (χ1n) is 10.5. The summed E-state index contributed by atoms with van der Waals surface area (Å²) in [5.41, 5.74) is 1.35. The zero-order valence-electron chi connectivity index (χ0n) is 18.0. The number of nitrogens with zero attached hydrogens (tertiary/aromatic N) is 3. The topological polar surface area (TPSA) is 104 Å². The summed E-state index contributed by atoms with van der Waals surface area (Å²) in [5.74, 6) is 0.344. The van der Waals surface area contributed by atoms with Gasteiger partial charge in [-0.2, -0.15) is 0 Å². The van der Waals surface area contributed by atoms with Crippen molar-refractivity contribution >= 4 is 44.7 Å². The summed E-state index contributed by atoms with van der Waals surface area (Å²) < 4.78 is 28.5. The maximum absolute atomic E-state index is 13.0. The number of hydrogen-bond acceptors (Lipinski definition) is 6. The highest BCUT2D eigenvalue weighted by Gasteiger charge is 2.27. The maximum Gasteiger partial charge on any atom is 0.262 e. The van der Waals surface area contributed by atoms with Crippen LogP contribution in [0.4, 0.5) is 17.2 Å². The number of benzene rings is 2. The molecule has 8 nitrogen and oxygen atoms in total. The number of nitrogens with one attached hydrogen (secondary N) is 2. The van der Waals surface area contributed by atoms with Gasteiger partial charge < -0.3 is 10.2 Å². The van der Waals surface area contributed by atoms with Crippen LogP contribution in [-0.2, 0) is 14.8 Å². The van der Waals surface area contributed by atoms with Crippen molar-refractivity contribution in [2.45, 2.75) is 24.7 Å². The molecule has 1 aromatic heterocycles. The lowest BCUT2D eigenvalue weighted by Gasteiger charge is -2.32. The molecule has 172 valence electrons. The molecule has 2 heterocycles. The van der Waals surface area contributed by atoms with Crippen molar-refractivity contribution < 1.29 is 13.2 Å². The molecule has 3 aromatic rings. The fraction of sp³-hybridized carbons (Fsp3) is 0.261. The van der Waals surface area contributed by atoms with E-state index in [1.54, 1.807) is 55.8 Å². The number of hydrogen-bond donors (Lipinski definition) is 2. The number of rotatable bonds is 6. The third-order valence-electron chi connectivity index (χ3n) is 5.49. The number of piperidine rings is 1. The molecule has 1 saturated heterocycles. The van der Waals surface area contributed by atoms with E-state index < -0.39 is 10.0 Å². The molecule has 2 aromatic carbocycles. The summed E-state index contributed by atoms with van der Waals surface area (Å²) >= 11 is 5.96. The van der Waals surface area contributed by atoms with Gasteiger partial charge in [-0.05, 0) is 55.7 Å². The average molecular weight is 486 g/mol. The molecule has 4 rings (SSSR count). The van der Waals surface area contributed by atoms with Crippen LogP contribution in [-0.4, -0.2) is 37.4 Å². The molecule has 1 unspecified atom stereocenters. The second-order valence-electron chi connectivity index (χ2n) is 7.93. The molecule has 2 N–H and O–H groups in total. The Bertz CT molecular complexity index is 1250. The summed E-state index contributed by atoms with van der Waals surface area (Å²) in [4.78, 5) is 23.5. The highest BCUT2D eigenvalue weighted by atomic mass is 35.5. The lowest BCUT2D eigenvalue weighted by molar-refractivity contribution is -0.120. The summed E-state index contributed by atoms with van der Waals surface area (Å²) in [6.45, 7) is 3.04. The van der Waals surface area contributed by atoms with Crippen LogP contribution in [0, 0.1) is 12.8 Å². The van der Waals surface area contributed by atoms with Gasteiger partial charge in [-0.3, -0.25) is 14.5 Å². The molecule has 1 fully saturated rings. The van der Waals surface area contributed by atoms with Gasteiger partial charge >= 0.3 is 0 Å². The van der Waals surface area contributed by atoms with E-state index in [-0.39, 0.29) is 16.7 Å². The molecule has 0 saturated carbocycles. The summed E-state index contributed by atoms with van der Waals surface area (Å²) in [6.07, 6.45) is 6.53. The van der Waals surface area contributed by atoms with E-state index >= 15 is 0 Å². The maximum atomic E-state index is 13.0. The summed E-state index contributed by atoms with van der Waals surface area (Å²) in [6, 6.07) is 11.3. The smallest absolute Gasteiger partial charge is 0.262 e. The van der Waals surface area contributed by atoms with Crippen molar-refractivity contribution in [1.29, 1.82) is 0 Å². The lowest BCUT2D eigenvalue weighted by atomic mass is 9.97. The zero-order chi connectivity index (χ0) is 23.4. The normalized spacial score (nSPS) is 16.3. The second-order valence-corrected chi connectivity index (χ2v) is 10.0. The molecule has 1 atom stereocenters. The standard InChI is InChI=1S/C23H24ClN5O3S/c1-16-7-8-19(13-21(16)33(31,32)28-20-6-2-5-18(24)12-20)27-23(30)17-4-3-11-29(15-17)22-14-25-9-10-26-22/h2,5-10,12-14,17,28H,3-4,11,15H2,1H3,(H,27,30). The van der Waals surface area contributed by atoms with Gasteiger partial charge in [-0.15, -0.1) is 0 Å². The Labute approximate surface area is 198 Å². The van der Waals surface area contributed by atoms with E-state index in [4.69, 9.17) is 11.6 Å². The minimum atomic E-state index is -3.87. The van der Waals surface area contributed by atoms with Gasteiger partial charge in [0.05, 0.1) is 22.7 Å². The molecule has 0 radical (unpaired) electrons. The molecule has 0 bridgehead atoms. The Balaban J connectivity index is 1.49. The van der Waals surface area contributed by atoms with Crippen LogP contribution >= 0.6 is 11.6 Å². The number of sulfonamides is 1. The Hall–Kier alpha value is -3.17. The van der Waals surface area contributed by atoms with E-state index in [1.165, 1.54) is 12.1 Å². The minimum absolute atomic E-state index is 0.0881. The first kappa shape index (κ1) is 23.0. The molecule has 33 heavy (non-hydrogen) atoms. The largest absolute Gasteiger partial charge is 0.355 e. The fourth-order valence-electron chi connectivity index (χ4n) is 3.83. The molecule has 0 aliphatic carbocycles. The second kappa shape index (κ2) is 9.76. The monoisotopic (exact) mass is 485 g/mol. The van der Waals surface area contributed by atoms with Gasteiger partial charge in [-0.1, -0.05) is 23.7 Å². The first-order valence-corrected chi connectivity index (χ1v) is 12.4. The van der Waals surface area contributed by atoms with Crippen molar-refractivity contribution in [3.05, 3.63) is 71.6 Å². The number of carbonyl (C=O) groups is 1. The molecule has 1 aliphatic heterocycles. The molecule has 1 aliphatic rings. The van der Waals surface area contributed by atoms with Gasteiger partial charge in [0.15, 0.2) is 0 Å². The van der Waals surface area contributed by atoms with Crippen molar-refractivity contribution in [3.63, 3.8) is 0 Å². The third-order valence-corrected chi connectivity index (χ3v) is 7.25. The minimum Gasteiger partial charge on any atom is -0.355 e. The number of halogens is 1.